The van der Waals surface area contributed by atoms with Crippen LogP contribution >= 0.6 is 0 Å². The Labute approximate surface area is 144 Å². The molecule has 0 radical (unpaired) electrons. The first-order valence-electron chi connectivity index (χ1n) is 7.55. The van der Waals surface area contributed by atoms with Crippen LogP contribution in [0.5, 0.6) is 11.5 Å². The summed E-state index contributed by atoms with van der Waals surface area (Å²) in [4.78, 5) is 12.6. The van der Waals surface area contributed by atoms with Gasteiger partial charge in [0.15, 0.2) is 11.5 Å². The molecule has 0 fully saturated rings. The average Bonchev–Trinajstić information content (AvgIpc) is 2.62. The number of amides is 1. The second-order valence-corrected chi connectivity index (χ2v) is 6.54. The molecule has 128 valence electrons. The van der Waals surface area contributed by atoms with Gasteiger partial charge in [-0.15, -0.1) is 0 Å². The fourth-order valence-corrected chi connectivity index (χ4v) is 3.18. The van der Waals surface area contributed by atoms with Crippen LogP contribution in [0.25, 0.3) is 0 Å². The fraction of sp³-hybridized carbons (Fsp3) is 0.278. The van der Waals surface area contributed by atoms with E-state index in [0.717, 1.165) is 5.56 Å². The molecule has 0 spiro atoms. The number of rotatable bonds is 8. The third-order valence-corrected chi connectivity index (χ3v) is 4.77. The zero-order valence-corrected chi connectivity index (χ0v) is 14.6. The highest BCUT2D eigenvalue weighted by molar-refractivity contribution is 7.85. The SMILES string of the molecule is COc1ccc(CCNC(=O)CS(=O)c2ccccc2)cc1OC. The Bertz CT molecular complexity index is 703. The molecule has 0 aliphatic rings. The van der Waals surface area contributed by atoms with Crippen LogP contribution in [0.4, 0.5) is 0 Å². The van der Waals surface area contributed by atoms with E-state index in [-0.39, 0.29) is 11.7 Å². The van der Waals surface area contributed by atoms with Crippen molar-refractivity contribution in [2.24, 2.45) is 0 Å². The minimum atomic E-state index is -1.32. The van der Waals surface area contributed by atoms with E-state index in [2.05, 4.69) is 5.32 Å². The molecule has 2 aromatic carbocycles. The average molecular weight is 347 g/mol. The van der Waals surface area contributed by atoms with Gasteiger partial charge in [-0.25, -0.2) is 0 Å². The highest BCUT2D eigenvalue weighted by Gasteiger charge is 2.10. The van der Waals surface area contributed by atoms with Gasteiger partial charge in [-0.1, -0.05) is 24.3 Å². The third-order valence-electron chi connectivity index (χ3n) is 3.45. The van der Waals surface area contributed by atoms with Crippen LogP contribution in [0.15, 0.2) is 53.4 Å². The molecular formula is C18H21NO4S. The minimum Gasteiger partial charge on any atom is -0.493 e. The molecule has 1 N–H and O–H groups in total. The number of carbonyl (C=O) groups excluding carboxylic acids is 1. The first-order valence-corrected chi connectivity index (χ1v) is 8.87. The van der Waals surface area contributed by atoms with Crippen molar-refractivity contribution in [3.63, 3.8) is 0 Å². The third kappa shape index (κ3) is 5.09. The smallest absolute Gasteiger partial charge is 0.233 e. The molecule has 0 aliphatic carbocycles. The Morgan fingerprint density at radius 1 is 1.04 bits per heavy atom. The largest absolute Gasteiger partial charge is 0.493 e. The molecular weight excluding hydrogens is 326 g/mol. The van der Waals surface area contributed by atoms with Crippen LogP contribution in [-0.2, 0) is 22.0 Å². The van der Waals surface area contributed by atoms with Crippen LogP contribution in [0, 0.1) is 0 Å². The molecule has 0 saturated heterocycles. The molecule has 0 bridgehead atoms. The second kappa shape index (κ2) is 9.08. The number of nitrogens with one attached hydrogen (secondary N) is 1. The normalized spacial score (nSPS) is 11.6. The van der Waals surface area contributed by atoms with Gasteiger partial charge in [0.25, 0.3) is 0 Å². The number of ether oxygens (including phenoxy) is 2. The maximum absolute atomic E-state index is 12.1. The molecule has 0 saturated carbocycles. The summed E-state index contributed by atoms with van der Waals surface area (Å²) in [6.07, 6.45) is 0.657. The fourth-order valence-electron chi connectivity index (χ4n) is 2.21. The Kier molecular flexibility index (Phi) is 6.81. The van der Waals surface area contributed by atoms with Gasteiger partial charge in [0.2, 0.25) is 5.91 Å². The van der Waals surface area contributed by atoms with Crippen molar-refractivity contribution in [1.29, 1.82) is 0 Å². The molecule has 1 unspecified atom stereocenters. The number of hydrogen-bond donors (Lipinski definition) is 1. The van der Waals surface area contributed by atoms with Crippen molar-refractivity contribution in [1.82, 2.24) is 5.32 Å². The molecule has 2 aromatic rings. The zero-order chi connectivity index (χ0) is 17.4. The van der Waals surface area contributed by atoms with Crippen LogP contribution in [0.2, 0.25) is 0 Å². The van der Waals surface area contributed by atoms with Gasteiger partial charge < -0.3 is 14.8 Å². The number of hydrogen-bond acceptors (Lipinski definition) is 4. The van der Waals surface area contributed by atoms with E-state index in [9.17, 15) is 9.00 Å². The highest BCUT2D eigenvalue weighted by atomic mass is 32.2. The molecule has 6 heteroatoms. The lowest BCUT2D eigenvalue weighted by atomic mass is 10.1. The van der Waals surface area contributed by atoms with Gasteiger partial charge in [-0.2, -0.15) is 0 Å². The van der Waals surface area contributed by atoms with Crippen molar-refractivity contribution < 1.29 is 18.5 Å². The van der Waals surface area contributed by atoms with E-state index in [0.29, 0.717) is 29.4 Å². The van der Waals surface area contributed by atoms with E-state index in [1.807, 2.05) is 36.4 Å². The molecule has 0 aliphatic heterocycles. The van der Waals surface area contributed by atoms with Gasteiger partial charge in [0.1, 0.15) is 5.75 Å². The first-order chi connectivity index (χ1) is 11.6. The predicted octanol–water partition coefficient (Wildman–Crippen LogP) is 2.17. The van der Waals surface area contributed by atoms with Crippen LogP contribution < -0.4 is 14.8 Å². The lowest BCUT2D eigenvalue weighted by Crippen LogP contribution is -2.30. The second-order valence-electron chi connectivity index (χ2n) is 5.09. The maximum Gasteiger partial charge on any atom is 0.233 e. The quantitative estimate of drug-likeness (QED) is 0.795. The van der Waals surface area contributed by atoms with Crippen molar-refractivity contribution in [3.05, 3.63) is 54.1 Å². The molecule has 2 rings (SSSR count). The predicted molar refractivity (Wildman–Crippen MR) is 94.0 cm³/mol. The van der Waals surface area contributed by atoms with E-state index in [4.69, 9.17) is 9.47 Å². The summed E-state index contributed by atoms with van der Waals surface area (Å²) in [6, 6.07) is 14.6. The molecule has 0 aromatic heterocycles. The van der Waals surface area contributed by atoms with Gasteiger partial charge in [0.05, 0.1) is 25.0 Å². The summed E-state index contributed by atoms with van der Waals surface area (Å²) in [5.74, 6) is 1.07. The van der Waals surface area contributed by atoms with E-state index >= 15 is 0 Å². The highest BCUT2D eigenvalue weighted by Crippen LogP contribution is 2.27. The summed E-state index contributed by atoms with van der Waals surface area (Å²) in [5.41, 5.74) is 1.03. The maximum atomic E-state index is 12.1. The van der Waals surface area contributed by atoms with Crippen LogP contribution in [0.1, 0.15) is 5.56 Å². The van der Waals surface area contributed by atoms with Crippen LogP contribution in [-0.4, -0.2) is 36.6 Å². The summed E-state index contributed by atoms with van der Waals surface area (Å²) < 4.78 is 22.5. The lowest BCUT2D eigenvalue weighted by molar-refractivity contribution is -0.118. The van der Waals surface area contributed by atoms with Crippen molar-refractivity contribution in [3.8, 4) is 11.5 Å². The number of carbonyl (C=O) groups is 1. The van der Waals surface area contributed by atoms with Gasteiger partial charge in [-0.3, -0.25) is 9.00 Å². The van der Waals surface area contributed by atoms with Crippen LogP contribution in [0.3, 0.4) is 0 Å². The zero-order valence-electron chi connectivity index (χ0n) is 13.8. The molecule has 5 nitrogen and oxygen atoms in total. The van der Waals surface area contributed by atoms with E-state index in [1.165, 1.54) is 0 Å². The van der Waals surface area contributed by atoms with Gasteiger partial charge in [0, 0.05) is 11.4 Å². The Hall–Kier alpha value is -2.34. The summed E-state index contributed by atoms with van der Waals surface area (Å²) in [5, 5.41) is 2.79. The van der Waals surface area contributed by atoms with Gasteiger partial charge in [-0.05, 0) is 36.2 Å². The van der Waals surface area contributed by atoms with Crippen molar-refractivity contribution in [2.75, 3.05) is 26.5 Å². The molecule has 0 heterocycles. The standard InChI is InChI=1S/C18H21NO4S/c1-22-16-9-8-14(12-17(16)23-2)10-11-19-18(20)13-24(21)15-6-4-3-5-7-15/h3-9,12H,10-11,13H2,1-2H3,(H,19,20). The minimum absolute atomic E-state index is 0.0318. The van der Waals surface area contributed by atoms with Gasteiger partial charge >= 0.3 is 0 Å². The van der Waals surface area contributed by atoms with E-state index < -0.39 is 10.8 Å². The Morgan fingerprint density at radius 2 is 1.75 bits per heavy atom. The Morgan fingerprint density at radius 3 is 2.42 bits per heavy atom. The summed E-state index contributed by atoms with van der Waals surface area (Å²) in [6.45, 7) is 0.473. The van der Waals surface area contributed by atoms with Crippen molar-refractivity contribution >= 4 is 16.7 Å². The topological polar surface area (TPSA) is 64.6 Å². The lowest BCUT2D eigenvalue weighted by Gasteiger charge is -2.10. The molecule has 1 atom stereocenters. The molecule has 24 heavy (non-hydrogen) atoms. The number of methoxy groups -OCH3 is 2. The van der Waals surface area contributed by atoms with E-state index in [1.54, 1.807) is 26.4 Å². The van der Waals surface area contributed by atoms with Crippen molar-refractivity contribution in [2.45, 2.75) is 11.3 Å². The molecule has 1 amide bonds. The summed E-state index contributed by atoms with van der Waals surface area (Å²) in [7, 11) is 1.85. The summed E-state index contributed by atoms with van der Waals surface area (Å²) >= 11 is 0. The monoisotopic (exact) mass is 347 g/mol. The number of benzene rings is 2. The Balaban J connectivity index is 1.81. The first kappa shape index (κ1) is 18.0.